The van der Waals surface area contributed by atoms with Gasteiger partial charge in [0.05, 0.1) is 0 Å². The van der Waals surface area contributed by atoms with Gasteiger partial charge in [0, 0.05) is 18.5 Å². The molecule has 1 aromatic carbocycles. The molecule has 1 aromatic rings. The Morgan fingerprint density at radius 2 is 2.20 bits per heavy atom. The van der Waals surface area contributed by atoms with Crippen molar-refractivity contribution in [2.24, 2.45) is 5.73 Å². The smallest absolute Gasteiger partial charge is 0.303 e. The van der Waals surface area contributed by atoms with Gasteiger partial charge >= 0.3 is 5.97 Å². The zero-order valence-electron chi connectivity index (χ0n) is 11.8. The molecule has 0 aliphatic carbocycles. The molecule has 20 heavy (non-hydrogen) atoms. The fourth-order valence-electron chi connectivity index (χ4n) is 2.91. The van der Waals surface area contributed by atoms with Crippen molar-refractivity contribution in [2.45, 2.75) is 50.6 Å². The van der Waals surface area contributed by atoms with Crippen molar-refractivity contribution in [3.63, 3.8) is 0 Å². The molecule has 0 radical (unpaired) electrons. The standard InChI is InChI=1S/C16H24N2O2/c17-14(8-5-10-16(19)20)12-6-1-2-7-13(12)15-9-3-4-11-18-15/h1-2,6-7,14-15,18H,3-5,8-11,17H2,(H,19,20)/t14-,15?/m1/s1. The monoisotopic (exact) mass is 276 g/mol. The molecule has 0 amide bonds. The Kier molecular flexibility index (Phi) is 5.56. The molecule has 0 saturated carbocycles. The molecule has 1 fully saturated rings. The first kappa shape index (κ1) is 15.0. The predicted octanol–water partition coefficient (Wildman–Crippen LogP) is 2.76. The summed E-state index contributed by atoms with van der Waals surface area (Å²) in [5.41, 5.74) is 8.72. The van der Waals surface area contributed by atoms with Gasteiger partial charge in [-0.1, -0.05) is 30.7 Å². The lowest BCUT2D eigenvalue weighted by atomic mass is 9.89. The van der Waals surface area contributed by atoms with Gasteiger partial charge in [-0.3, -0.25) is 4.79 Å². The first-order valence-corrected chi connectivity index (χ1v) is 7.48. The second-order valence-electron chi connectivity index (χ2n) is 5.52. The van der Waals surface area contributed by atoms with E-state index < -0.39 is 5.97 Å². The number of hydrogen-bond acceptors (Lipinski definition) is 3. The van der Waals surface area contributed by atoms with Gasteiger partial charge in [0.15, 0.2) is 0 Å². The highest BCUT2D eigenvalue weighted by Crippen LogP contribution is 2.30. The number of nitrogens with one attached hydrogen (secondary N) is 1. The summed E-state index contributed by atoms with van der Waals surface area (Å²) in [5.74, 6) is -0.751. The maximum atomic E-state index is 10.6. The van der Waals surface area contributed by atoms with Gasteiger partial charge in [0.2, 0.25) is 0 Å². The molecule has 4 nitrogen and oxygen atoms in total. The Hall–Kier alpha value is -1.39. The number of nitrogens with two attached hydrogens (primary N) is 1. The molecular formula is C16H24N2O2. The van der Waals surface area contributed by atoms with Crippen LogP contribution in [0.5, 0.6) is 0 Å². The Balaban J connectivity index is 2.04. The van der Waals surface area contributed by atoms with E-state index >= 15 is 0 Å². The van der Waals surface area contributed by atoms with Crippen molar-refractivity contribution < 1.29 is 9.90 Å². The molecule has 1 aliphatic rings. The van der Waals surface area contributed by atoms with Crippen LogP contribution in [0.3, 0.4) is 0 Å². The second kappa shape index (κ2) is 7.41. The van der Waals surface area contributed by atoms with Gasteiger partial charge < -0.3 is 16.2 Å². The maximum absolute atomic E-state index is 10.6. The minimum Gasteiger partial charge on any atom is -0.481 e. The van der Waals surface area contributed by atoms with Gasteiger partial charge in [-0.15, -0.1) is 0 Å². The fraction of sp³-hybridized carbons (Fsp3) is 0.562. The van der Waals surface area contributed by atoms with E-state index in [1.807, 2.05) is 6.07 Å². The summed E-state index contributed by atoms with van der Waals surface area (Å²) in [6.07, 6.45) is 5.18. The highest BCUT2D eigenvalue weighted by Gasteiger charge is 2.20. The Bertz CT molecular complexity index is 442. The number of benzene rings is 1. The van der Waals surface area contributed by atoms with Crippen LogP contribution < -0.4 is 11.1 Å². The van der Waals surface area contributed by atoms with Crippen LogP contribution in [-0.4, -0.2) is 17.6 Å². The SMILES string of the molecule is N[C@H](CCCC(=O)O)c1ccccc1C1CCCCN1. The third-order valence-corrected chi connectivity index (χ3v) is 3.99. The summed E-state index contributed by atoms with van der Waals surface area (Å²) in [5, 5.41) is 12.3. The Morgan fingerprint density at radius 1 is 1.40 bits per heavy atom. The first-order chi connectivity index (χ1) is 9.68. The molecule has 0 spiro atoms. The van der Waals surface area contributed by atoms with Crippen molar-refractivity contribution in [3.8, 4) is 0 Å². The van der Waals surface area contributed by atoms with Crippen LogP contribution >= 0.6 is 0 Å². The van der Waals surface area contributed by atoms with E-state index in [4.69, 9.17) is 10.8 Å². The van der Waals surface area contributed by atoms with E-state index in [0.717, 1.165) is 24.9 Å². The maximum Gasteiger partial charge on any atom is 0.303 e. The molecule has 1 heterocycles. The Morgan fingerprint density at radius 3 is 2.90 bits per heavy atom. The Labute approximate surface area is 120 Å². The van der Waals surface area contributed by atoms with Crippen LogP contribution in [0.25, 0.3) is 0 Å². The number of piperidine rings is 1. The third-order valence-electron chi connectivity index (χ3n) is 3.99. The molecule has 1 aliphatic heterocycles. The summed E-state index contributed by atoms with van der Waals surface area (Å²) < 4.78 is 0. The van der Waals surface area contributed by atoms with Crippen molar-refractivity contribution >= 4 is 5.97 Å². The van der Waals surface area contributed by atoms with Gasteiger partial charge in [-0.25, -0.2) is 0 Å². The van der Waals surface area contributed by atoms with Gasteiger partial charge in [-0.05, 0) is 43.4 Å². The molecule has 1 unspecified atom stereocenters. The molecule has 2 rings (SSSR count). The summed E-state index contributed by atoms with van der Waals surface area (Å²) >= 11 is 0. The topological polar surface area (TPSA) is 75.4 Å². The summed E-state index contributed by atoms with van der Waals surface area (Å²) in [7, 11) is 0. The molecule has 1 saturated heterocycles. The number of carboxylic acids is 1. The minimum atomic E-state index is -0.751. The lowest BCUT2D eigenvalue weighted by Crippen LogP contribution is -2.28. The van der Waals surface area contributed by atoms with Crippen LogP contribution in [0.15, 0.2) is 24.3 Å². The lowest BCUT2D eigenvalue weighted by Gasteiger charge is -2.27. The molecule has 2 atom stereocenters. The molecule has 0 bridgehead atoms. The van der Waals surface area contributed by atoms with Crippen molar-refractivity contribution in [2.75, 3.05) is 6.54 Å². The minimum absolute atomic E-state index is 0.0747. The predicted molar refractivity (Wildman–Crippen MR) is 79.5 cm³/mol. The van der Waals surface area contributed by atoms with E-state index in [0.29, 0.717) is 12.5 Å². The summed E-state index contributed by atoms with van der Waals surface area (Å²) in [6, 6.07) is 8.62. The van der Waals surface area contributed by atoms with E-state index in [1.165, 1.54) is 18.4 Å². The van der Waals surface area contributed by atoms with Crippen LogP contribution in [0.4, 0.5) is 0 Å². The van der Waals surface area contributed by atoms with E-state index in [9.17, 15) is 4.79 Å². The number of rotatable bonds is 6. The molecule has 4 N–H and O–H groups in total. The largest absolute Gasteiger partial charge is 0.481 e. The van der Waals surface area contributed by atoms with Crippen LogP contribution in [-0.2, 0) is 4.79 Å². The average molecular weight is 276 g/mol. The van der Waals surface area contributed by atoms with E-state index in [1.54, 1.807) is 0 Å². The molecule has 110 valence electrons. The lowest BCUT2D eigenvalue weighted by molar-refractivity contribution is -0.137. The average Bonchev–Trinajstić information content (AvgIpc) is 2.47. The van der Waals surface area contributed by atoms with Crippen molar-refractivity contribution in [3.05, 3.63) is 35.4 Å². The molecule has 0 aromatic heterocycles. The quantitative estimate of drug-likeness (QED) is 0.747. The zero-order valence-corrected chi connectivity index (χ0v) is 11.8. The van der Waals surface area contributed by atoms with Gasteiger partial charge in [0.1, 0.15) is 0 Å². The number of carbonyl (C=O) groups is 1. The summed E-state index contributed by atoms with van der Waals surface area (Å²) in [6.45, 7) is 1.06. The van der Waals surface area contributed by atoms with Crippen LogP contribution in [0.1, 0.15) is 61.7 Å². The van der Waals surface area contributed by atoms with Crippen molar-refractivity contribution in [1.82, 2.24) is 5.32 Å². The highest BCUT2D eigenvalue weighted by atomic mass is 16.4. The zero-order chi connectivity index (χ0) is 14.4. The van der Waals surface area contributed by atoms with Gasteiger partial charge in [0.25, 0.3) is 0 Å². The first-order valence-electron chi connectivity index (χ1n) is 7.48. The summed E-state index contributed by atoms with van der Waals surface area (Å²) in [4.78, 5) is 10.6. The van der Waals surface area contributed by atoms with E-state index in [2.05, 4.69) is 23.5 Å². The fourth-order valence-corrected chi connectivity index (χ4v) is 2.91. The number of hydrogen-bond donors (Lipinski definition) is 3. The van der Waals surface area contributed by atoms with Gasteiger partial charge in [-0.2, -0.15) is 0 Å². The van der Waals surface area contributed by atoms with E-state index in [-0.39, 0.29) is 12.5 Å². The number of aliphatic carboxylic acids is 1. The highest BCUT2D eigenvalue weighted by molar-refractivity contribution is 5.66. The molecule has 4 heteroatoms. The van der Waals surface area contributed by atoms with Crippen LogP contribution in [0, 0.1) is 0 Å². The number of carboxylic acid groups (broad SMARTS) is 1. The van der Waals surface area contributed by atoms with Crippen LogP contribution in [0.2, 0.25) is 0 Å². The molecular weight excluding hydrogens is 252 g/mol. The second-order valence-corrected chi connectivity index (χ2v) is 5.52. The normalized spacial score (nSPS) is 20.6. The van der Waals surface area contributed by atoms with Crippen molar-refractivity contribution in [1.29, 1.82) is 0 Å². The third kappa shape index (κ3) is 4.05.